The number of aromatic nitrogens is 4. The van der Waals surface area contributed by atoms with E-state index in [0.717, 1.165) is 54.6 Å². The second kappa shape index (κ2) is 10.0. The summed E-state index contributed by atoms with van der Waals surface area (Å²) in [5.74, 6) is 1.79. The van der Waals surface area contributed by atoms with Gasteiger partial charge in [0.1, 0.15) is 5.58 Å². The largest absolute Gasteiger partial charge is 0.437 e. The molecule has 0 N–H and O–H groups in total. The SMILES string of the molecule is c1ccc(-c2nc(-c3cc4c5ccccc5ccc4c4ccccc34)nc(-c3ccnc4oc5c6ccccc6ccc5c34)n2)cc1. The normalized spacial score (nSPS) is 11.8. The number of pyridine rings is 1. The summed E-state index contributed by atoms with van der Waals surface area (Å²) >= 11 is 0. The summed E-state index contributed by atoms with van der Waals surface area (Å²) in [5, 5.41) is 11.0. The molecule has 5 nitrogen and oxygen atoms in total. The van der Waals surface area contributed by atoms with Crippen LogP contribution >= 0.6 is 0 Å². The Morgan fingerprint density at radius 2 is 1.00 bits per heavy atom. The molecule has 0 fully saturated rings. The predicted octanol–water partition coefficient (Wildman–Crippen LogP) is 10.8. The molecule has 0 unspecified atom stereocenters. The Morgan fingerprint density at radius 3 is 1.81 bits per heavy atom. The van der Waals surface area contributed by atoms with Crippen LogP contribution in [-0.4, -0.2) is 19.9 Å². The molecule has 0 aliphatic carbocycles. The van der Waals surface area contributed by atoms with Crippen LogP contribution in [0.4, 0.5) is 0 Å². The smallest absolute Gasteiger partial charge is 0.228 e. The Balaban J connectivity index is 1.30. The lowest BCUT2D eigenvalue weighted by atomic mass is 9.93. The lowest BCUT2D eigenvalue weighted by Crippen LogP contribution is -2.01. The summed E-state index contributed by atoms with van der Waals surface area (Å²) in [4.78, 5) is 20.1. The van der Waals surface area contributed by atoms with Crippen molar-refractivity contribution in [1.29, 1.82) is 0 Å². The van der Waals surface area contributed by atoms with Gasteiger partial charge in [-0.2, -0.15) is 0 Å². The minimum absolute atomic E-state index is 0.555. The van der Waals surface area contributed by atoms with Gasteiger partial charge >= 0.3 is 0 Å². The number of hydrogen-bond acceptors (Lipinski definition) is 5. The average Bonchev–Trinajstić information content (AvgIpc) is 3.54. The summed E-state index contributed by atoms with van der Waals surface area (Å²) in [6.45, 7) is 0. The highest BCUT2D eigenvalue weighted by molar-refractivity contribution is 6.21. The molecule has 218 valence electrons. The molecule has 3 aromatic heterocycles. The molecule has 0 radical (unpaired) electrons. The van der Waals surface area contributed by atoms with Gasteiger partial charge < -0.3 is 4.42 Å². The molecule has 0 saturated carbocycles. The quantitative estimate of drug-likeness (QED) is 0.189. The maximum atomic E-state index is 6.42. The van der Waals surface area contributed by atoms with Crippen LogP contribution in [0, 0.1) is 0 Å². The molecule has 0 bridgehead atoms. The van der Waals surface area contributed by atoms with Gasteiger partial charge in [0.15, 0.2) is 17.5 Å². The highest BCUT2D eigenvalue weighted by atomic mass is 16.3. The first-order chi connectivity index (χ1) is 23.3. The van der Waals surface area contributed by atoms with Gasteiger partial charge in [0.05, 0.1) is 5.39 Å². The van der Waals surface area contributed by atoms with Crippen LogP contribution in [-0.2, 0) is 0 Å². The molecule has 10 rings (SSSR count). The van der Waals surface area contributed by atoms with Crippen LogP contribution in [0.5, 0.6) is 0 Å². The molecule has 0 atom stereocenters. The van der Waals surface area contributed by atoms with E-state index in [-0.39, 0.29) is 0 Å². The van der Waals surface area contributed by atoms with Crippen molar-refractivity contribution in [2.24, 2.45) is 0 Å². The molecule has 7 aromatic carbocycles. The summed E-state index contributed by atoms with van der Waals surface area (Å²) in [6, 6.07) is 48.3. The average molecular weight is 601 g/mol. The number of fused-ring (bicyclic) bond motifs is 10. The van der Waals surface area contributed by atoms with E-state index in [9.17, 15) is 0 Å². The number of benzene rings is 7. The Labute approximate surface area is 268 Å². The number of nitrogens with zero attached hydrogens (tertiary/aromatic N) is 4. The zero-order chi connectivity index (χ0) is 30.9. The van der Waals surface area contributed by atoms with Crippen LogP contribution in [0.1, 0.15) is 0 Å². The number of rotatable bonds is 3. The van der Waals surface area contributed by atoms with Gasteiger partial charge in [-0.1, -0.05) is 121 Å². The molecule has 0 aliphatic heterocycles. The molecular formula is C42H24N4O. The minimum atomic E-state index is 0.555. The van der Waals surface area contributed by atoms with Crippen molar-refractivity contribution in [3.05, 3.63) is 146 Å². The van der Waals surface area contributed by atoms with E-state index in [1.807, 2.05) is 48.5 Å². The first kappa shape index (κ1) is 25.8. The van der Waals surface area contributed by atoms with E-state index in [1.54, 1.807) is 6.20 Å². The van der Waals surface area contributed by atoms with Crippen LogP contribution in [0.2, 0.25) is 0 Å². The zero-order valence-electron chi connectivity index (χ0n) is 25.1. The number of furan rings is 1. The maximum Gasteiger partial charge on any atom is 0.228 e. The lowest BCUT2D eigenvalue weighted by molar-refractivity contribution is 0.657. The fraction of sp³-hybridized carbons (Fsp3) is 0. The predicted molar refractivity (Wildman–Crippen MR) is 191 cm³/mol. The minimum Gasteiger partial charge on any atom is -0.437 e. The summed E-state index contributed by atoms with van der Waals surface area (Å²) in [6.07, 6.45) is 1.77. The van der Waals surface area contributed by atoms with Crippen molar-refractivity contribution in [2.75, 3.05) is 0 Å². The first-order valence-electron chi connectivity index (χ1n) is 15.6. The molecule has 0 amide bonds. The van der Waals surface area contributed by atoms with Gasteiger partial charge in [-0.05, 0) is 55.9 Å². The van der Waals surface area contributed by atoms with Gasteiger partial charge in [-0.15, -0.1) is 0 Å². The zero-order valence-corrected chi connectivity index (χ0v) is 25.1. The topological polar surface area (TPSA) is 64.7 Å². The molecule has 0 spiro atoms. The third-order valence-corrected chi connectivity index (χ3v) is 9.18. The van der Waals surface area contributed by atoms with E-state index in [0.29, 0.717) is 23.2 Å². The van der Waals surface area contributed by atoms with Crippen molar-refractivity contribution in [3.63, 3.8) is 0 Å². The summed E-state index contributed by atoms with van der Waals surface area (Å²) < 4.78 is 6.42. The molecule has 0 aliphatic rings. The second-order valence-electron chi connectivity index (χ2n) is 11.8. The van der Waals surface area contributed by atoms with Crippen molar-refractivity contribution in [2.45, 2.75) is 0 Å². The molecular weight excluding hydrogens is 576 g/mol. The van der Waals surface area contributed by atoms with E-state index in [4.69, 9.17) is 19.4 Å². The fourth-order valence-electron chi connectivity index (χ4n) is 6.99. The third kappa shape index (κ3) is 3.97. The van der Waals surface area contributed by atoms with Crippen LogP contribution in [0.25, 0.3) is 99.3 Å². The Morgan fingerprint density at radius 1 is 0.404 bits per heavy atom. The molecule has 3 heterocycles. The summed E-state index contributed by atoms with van der Waals surface area (Å²) in [5.41, 5.74) is 4.09. The van der Waals surface area contributed by atoms with Gasteiger partial charge in [-0.25, -0.2) is 19.9 Å². The van der Waals surface area contributed by atoms with Crippen molar-refractivity contribution in [1.82, 2.24) is 19.9 Å². The highest BCUT2D eigenvalue weighted by Gasteiger charge is 2.21. The first-order valence-corrected chi connectivity index (χ1v) is 15.6. The van der Waals surface area contributed by atoms with Gasteiger partial charge in [0.25, 0.3) is 0 Å². The van der Waals surface area contributed by atoms with Crippen molar-refractivity contribution in [3.8, 4) is 34.2 Å². The van der Waals surface area contributed by atoms with E-state index in [2.05, 4.69) is 96.0 Å². The molecule has 10 aromatic rings. The van der Waals surface area contributed by atoms with Gasteiger partial charge in [-0.3, -0.25) is 0 Å². The lowest BCUT2D eigenvalue weighted by Gasteiger charge is -2.14. The number of hydrogen-bond donors (Lipinski definition) is 0. The third-order valence-electron chi connectivity index (χ3n) is 9.18. The van der Waals surface area contributed by atoms with Crippen molar-refractivity contribution < 1.29 is 4.42 Å². The Bertz CT molecular complexity index is 2860. The standard InChI is InChI=1S/C42H24N4O/c1-2-12-27(13-3-1)39-44-40(34-22-23-43-42-37(34)33-21-19-26-11-5-7-15-29(26)38(33)47-42)46-41(45-39)36-24-35-28-14-6-4-10-25(28)18-20-32(35)30-16-8-9-17-31(30)36/h1-24H. The van der Waals surface area contributed by atoms with Crippen LogP contribution < -0.4 is 0 Å². The van der Waals surface area contributed by atoms with Crippen LogP contribution in [0.3, 0.4) is 0 Å². The van der Waals surface area contributed by atoms with Crippen LogP contribution in [0.15, 0.2) is 150 Å². The van der Waals surface area contributed by atoms with Gasteiger partial charge in [0.2, 0.25) is 5.71 Å². The molecule has 0 saturated heterocycles. The monoisotopic (exact) mass is 600 g/mol. The van der Waals surface area contributed by atoms with Crippen molar-refractivity contribution >= 4 is 65.2 Å². The van der Waals surface area contributed by atoms with E-state index in [1.165, 1.54) is 21.5 Å². The highest BCUT2D eigenvalue weighted by Crippen LogP contribution is 2.40. The Kier molecular flexibility index (Phi) is 5.51. The maximum absolute atomic E-state index is 6.42. The van der Waals surface area contributed by atoms with E-state index >= 15 is 0 Å². The second-order valence-corrected chi connectivity index (χ2v) is 11.8. The summed E-state index contributed by atoms with van der Waals surface area (Å²) in [7, 11) is 0. The van der Waals surface area contributed by atoms with Gasteiger partial charge in [0, 0.05) is 33.7 Å². The molecule has 5 heteroatoms. The Hall–Kier alpha value is -6.46. The fourth-order valence-corrected chi connectivity index (χ4v) is 6.99. The van der Waals surface area contributed by atoms with E-state index < -0.39 is 0 Å². The molecule has 47 heavy (non-hydrogen) atoms.